The minimum Gasteiger partial charge on any atom is -0.490 e. The summed E-state index contributed by atoms with van der Waals surface area (Å²) in [5.74, 6) is 1.18. The normalized spacial score (nSPS) is 12.9. The van der Waals surface area contributed by atoms with E-state index < -0.39 is 0 Å². The minimum atomic E-state index is -0.0337. The van der Waals surface area contributed by atoms with Crippen molar-refractivity contribution in [2.24, 2.45) is 5.92 Å². The molecule has 1 N–H and O–H groups in total. The van der Waals surface area contributed by atoms with Gasteiger partial charge in [-0.3, -0.25) is 4.98 Å². The van der Waals surface area contributed by atoms with Gasteiger partial charge in [0.1, 0.15) is 5.75 Å². The molecule has 0 amide bonds. The van der Waals surface area contributed by atoms with E-state index in [1.807, 2.05) is 6.92 Å². The second kappa shape index (κ2) is 4.96. The maximum Gasteiger partial charge on any atom is 0.128 e. The molecule has 0 aliphatic rings. The first-order valence-corrected chi connectivity index (χ1v) is 4.85. The number of hydrogen-bond donors (Lipinski definition) is 1. The molecule has 0 saturated heterocycles. The van der Waals surface area contributed by atoms with E-state index >= 15 is 0 Å². The van der Waals surface area contributed by atoms with Crippen LogP contribution in [0.3, 0.4) is 0 Å². The second-order valence-electron chi connectivity index (χ2n) is 3.71. The Balaban J connectivity index is 2.75. The molecule has 0 aliphatic heterocycles. The van der Waals surface area contributed by atoms with E-state index in [0.29, 0.717) is 5.92 Å². The van der Waals surface area contributed by atoms with Crippen molar-refractivity contribution in [3.05, 3.63) is 24.0 Å². The number of aliphatic hydroxyl groups is 1. The van der Waals surface area contributed by atoms with Gasteiger partial charge in [-0.2, -0.15) is 0 Å². The lowest BCUT2D eigenvalue weighted by atomic mass is 10.1. The molecule has 0 fully saturated rings. The van der Waals surface area contributed by atoms with E-state index in [1.54, 1.807) is 18.5 Å². The lowest BCUT2D eigenvalue weighted by Gasteiger charge is -2.19. The van der Waals surface area contributed by atoms with Gasteiger partial charge in [-0.25, -0.2) is 0 Å². The molecule has 0 saturated carbocycles. The van der Waals surface area contributed by atoms with Crippen LogP contribution in [0.1, 0.15) is 26.3 Å². The SMILES string of the molecule is CC(C)C(C)Oc1ccncc1CO. The summed E-state index contributed by atoms with van der Waals surface area (Å²) >= 11 is 0. The summed E-state index contributed by atoms with van der Waals surface area (Å²) in [6, 6.07) is 1.78. The highest BCUT2D eigenvalue weighted by molar-refractivity contribution is 5.29. The fraction of sp³-hybridized carbons (Fsp3) is 0.545. The first kappa shape index (κ1) is 11.0. The highest BCUT2D eigenvalue weighted by Crippen LogP contribution is 2.19. The predicted molar refractivity (Wildman–Crippen MR) is 55.1 cm³/mol. The van der Waals surface area contributed by atoms with Crippen LogP contribution in [0.2, 0.25) is 0 Å². The van der Waals surface area contributed by atoms with Gasteiger partial charge in [0, 0.05) is 18.0 Å². The number of aliphatic hydroxyl groups excluding tert-OH is 1. The van der Waals surface area contributed by atoms with Crippen LogP contribution < -0.4 is 4.74 Å². The summed E-state index contributed by atoms with van der Waals surface area (Å²) in [5, 5.41) is 9.05. The fourth-order valence-electron chi connectivity index (χ4n) is 0.984. The number of rotatable bonds is 4. The van der Waals surface area contributed by atoms with Crippen molar-refractivity contribution >= 4 is 0 Å². The summed E-state index contributed by atoms with van der Waals surface area (Å²) in [4.78, 5) is 3.93. The van der Waals surface area contributed by atoms with Crippen molar-refractivity contribution < 1.29 is 9.84 Å². The summed E-state index contributed by atoms with van der Waals surface area (Å²) in [6.07, 6.45) is 3.44. The lowest BCUT2D eigenvalue weighted by Crippen LogP contribution is -2.19. The fourth-order valence-corrected chi connectivity index (χ4v) is 0.984. The van der Waals surface area contributed by atoms with Crippen LogP contribution >= 0.6 is 0 Å². The molecule has 1 aromatic rings. The zero-order valence-corrected chi connectivity index (χ0v) is 8.90. The van der Waals surface area contributed by atoms with Crippen molar-refractivity contribution in [2.75, 3.05) is 0 Å². The molecule has 1 rings (SSSR count). The van der Waals surface area contributed by atoms with Crippen LogP contribution in [0.4, 0.5) is 0 Å². The second-order valence-corrected chi connectivity index (χ2v) is 3.71. The summed E-state index contributed by atoms with van der Waals surface area (Å²) in [5.41, 5.74) is 0.736. The van der Waals surface area contributed by atoms with Gasteiger partial charge in [0.25, 0.3) is 0 Å². The van der Waals surface area contributed by atoms with Crippen LogP contribution in [0, 0.1) is 5.92 Å². The van der Waals surface area contributed by atoms with E-state index in [0.717, 1.165) is 11.3 Å². The Morgan fingerprint density at radius 1 is 1.43 bits per heavy atom. The summed E-state index contributed by atoms with van der Waals surface area (Å²) in [7, 11) is 0. The molecular weight excluding hydrogens is 178 g/mol. The first-order chi connectivity index (χ1) is 6.65. The van der Waals surface area contributed by atoms with Crippen molar-refractivity contribution in [3.63, 3.8) is 0 Å². The molecule has 1 unspecified atom stereocenters. The molecule has 0 bridgehead atoms. The van der Waals surface area contributed by atoms with Gasteiger partial charge in [-0.1, -0.05) is 13.8 Å². The molecule has 0 aliphatic carbocycles. The Hall–Kier alpha value is -1.09. The van der Waals surface area contributed by atoms with E-state index in [1.165, 1.54) is 0 Å². The molecule has 0 radical (unpaired) electrons. The lowest BCUT2D eigenvalue weighted by molar-refractivity contribution is 0.164. The average Bonchev–Trinajstić information content (AvgIpc) is 2.18. The molecule has 1 aromatic heterocycles. The molecule has 1 heterocycles. The van der Waals surface area contributed by atoms with Crippen molar-refractivity contribution in [3.8, 4) is 5.75 Å². The Morgan fingerprint density at radius 2 is 2.14 bits per heavy atom. The molecule has 0 spiro atoms. The summed E-state index contributed by atoms with van der Waals surface area (Å²) in [6.45, 7) is 6.19. The highest BCUT2D eigenvalue weighted by atomic mass is 16.5. The minimum absolute atomic E-state index is 0.0337. The maximum absolute atomic E-state index is 9.05. The standard InChI is InChI=1S/C11H17NO2/c1-8(2)9(3)14-11-4-5-12-6-10(11)7-13/h4-6,8-9,13H,7H2,1-3H3. The summed E-state index contributed by atoms with van der Waals surface area (Å²) < 4.78 is 5.70. The quantitative estimate of drug-likeness (QED) is 0.799. The molecule has 3 nitrogen and oxygen atoms in total. The van der Waals surface area contributed by atoms with Gasteiger partial charge < -0.3 is 9.84 Å². The molecule has 14 heavy (non-hydrogen) atoms. The molecule has 0 aromatic carbocycles. The van der Waals surface area contributed by atoms with Gasteiger partial charge in [-0.05, 0) is 18.9 Å². The van der Waals surface area contributed by atoms with E-state index in [9.17, 15) is 0 Å². The molecule has 1 atom stereocenters. The van der Waals surface area contributed by atoms with Gasteiger partial charge in [-0.15, -0.1) is 0 Å². The van der Waals surface area contributed by atoms with E-state index in [4.69, 9.17) is 9.84 Å². The third kappa shape index (κ3) is 2.70. The molecule has 78 valence electrons. The van der Waals surface area contributed by atoms with Crippen molar-refractivity contribution in [2.45, 2.75) is 33.5 Å². The predicted octanol–water partition coefficient (Wildman–Crippen LogP) is 2.00. The Labute approximate surface area is 84.7 Å². The molecular formula is C11H17NO2. The van der Waals surface area contributed by atoms with Gasteiger partial charge in [0.2, 0.25) is 0 Å². The Morgan fingerprint density at radius 3 is 2.71 bits per heavy atom. The van der Waals surface area contributed by atoms with Crippen molar-refractivity contribution in [1.29, 1.82) is 0 Å². The molecule has 3 heteroatoms. The van der Waals surface area contributed by atoms with Crippen LogP contribution in [0.5, 0.6) is 5.75 Å². The monoisotopic (exact) mass is 195 g/mol. The smallest absolute Gasteiger partial charge is 0.128 e. The number of nitrogens with zero attached hydrogens (tertiary/aromatic N) is 1. The highest BCUT2D eigenvalue weighted by Gasteiger charge is 2.10. The topological polar surface area (TPSA) is 42.4 Å². The van der Waals surface area contributed by atoms with Gasteiger partial charge in [0.05, 0.1) is 12.7 Å². The van der Waals surface area contributed by atoms with Crippen LogP contribution in [-0.4, -0.2) is 16.2 Å². The largest absolute Gasteiger partial charge is 0.490 e. The zero-order valence-electron chi connectivity index (χ0n) is 8.90. The van der Waals surface area contributed by atoms with Crippen molar-refractivity contribution in [1.82, 2.24) is 4.98 Å². The number of ether oxygens (including phenoxy) is 1. The zero-order chi connectivity index (χ0) is 10.6. The third-order valence-electron chi connectivity index (χ3n) is 2.28. The maximum atomic E-state index is 9.05. The number of aromatic nitrogens is 1. The van der Waals surface area contributed by atoms with Crippen LogP contribution in [-0.2, 0) is 6.61 Å². The van der Waals surface area contributed by atoms with Crippen LogP contribution in [0.15, 0.2) is 18.5 Å². The number of hydrogen-bond acceptors (Lipinski definition) is 3. The first-order valence-electron chi connectivity index (χ1n) is 4.85. The Kier molecular flexibility index (Phi) is 3.89. The van der Waals surface area contributed by atoms with E-state index in [-0.39, 0.29) is 12.7 Å². The Bertz CT molecular complexity index is 286. The number of pyridine rings is 1. The van der Waals surface area contributed by atoms with Gasteiger partial charge >= 0.3 is 0 Å². The third-order valence-corrected chi connectivity index (χ3v) is 2.28. The van der Waals surface area contributed by atoms with E-state index in [2.05, 4.69) is 18.8 Å². The van der Waals surface area contributed by atoms with Crippen LogP contribution in [0.25, 0.3) is 0 Å². The average molecular weight is 195 g/mol. The van der Waals surface area contributed by atoms with Gasteiger partial charge in [0.15, 0.2) is 0 Å².